The molecule has 0 radical (unpaired) electrons. The van der Waals surface area contributed by atoms with Gasteiger partial charge in [0.15, 0.2) is 6.10 Å². The third-order valence-electron chi connectivity index (χ3n) is 3.83. The second-order valence-electron chi connectivity index (χ2n) is 5.84. The molecule has 0 N–H and O–H groups in total. The molecule has 10 heteroatoms. The van der Waals surface area contributed by atoms with Crippen molar-refractivity contribution in [3.8, 4) is 16.5 Å². The van der Waals surface area contributed by atoms with Gasteiger partial charge < -0.3 is 9.15 Å². The highest BCUT2D eigenvalue weighted by Gasteiger charge is 2.23. The SMILES string of the molecule is Cc1nc(C(=O)O[C@@H](C)c2nnc(-c3cccs3)o2)nn1-c1ccc(F)cc1. The van der Waals surface area contributed by atoms with Crippen LogP contribution >= 0.6 is 11.3 Å². The number of aryl methyl sites for hydroxylation is 1. The minimum atomic E-state index is -0.771. The van der Waals surface area contributed by atoms with Crippen molar-refractivity contribution < 1.29 is 18.3 Å². The van der Waals surface area contributed by atoms with E-state index >= 15 is 0 Å². The first-order valence-electron chi connectivity index (χ1n) is 8.29. The zero-order valence-electron chi connectivity index (χ0n) is 14.9. The van der Waals surface area contributed by atoms with Crippen molar-refractivity contribution in [3.05, 3.63) is 65.1 Å². The standard InChI is InChI=1S/C18H14FN5O3S/c1-10(16-21-22-17(27-16)14-4-3-9-28-14)26-18(25)15-20-11(2)24(23-15)13-7-5-12(19)6-8-13/h3-10H,1-2H3/t10-/m0/s1. The first-order chi connectivity index (χ1) is 13.5. The molecule has 1 atom stereocenters. The average molecular weight is 399 g/mol. The molecule has 28 heavy (non-hydrogen) atoms. The summed E-state index contributed by atoms with van der Waals surface area (Å²) in [4.78, 5) is 17.4. The van der Waals surface area contributed by atoms with Gasteiger partial charge in [0.2, 0.25) is 0 Å². The number of hydrogen-bond donors (Lipinski definition) is 0. The Hall–Kier alpha value is -3.40. The van der Waals surface area contributed by atoms with Crippen LogP contribution < -0.4 is 0 Å². The Morgan fingerprint density at radius 1 is 1.25 bits per heavy atom. The average Bonchev–Trinajstić information content (AvgIpc) is 3.42. The van der Waals surface area contributed by atoms with Crippen LogP contribution in [0.5, 0.6) is 0 Å². The van der Waals surface area contributed by atoms with Crippen LogP contribution in [-0.2, 0) is 4.74 Å². The molecular formula is C18H14FN5O3S. The van der Waals surface area contributed by atoms with Gasteiger partial charge in [-0.25, -0.2) is 18.9 Å². The molecule has 4 aromatic rings. The molecule has 0 bridgehead atoms. The lowest BCUT2D eigenvalue weighted by Gasteiger charge is -2.07. The van der Waals surface area contributed by atoms with E-state index in [9.17, 15) is 9.18 Å². The van der Waals surface area contributed by atoms with Crippen molar-refractivity contribution in [2.24, 2.45) is 0 Å². The Morgan fingerprint density at radius 3 is 2.75 bits per heavy atom. The van der Waals surface area contributed by atoms with Gasteiger partial charge >= 0.3 is 5.97 Å². The van der Waals surface area contributed by atoms with Gasteiger partial charge in [-0.2, -0.15) is 0 Å². The molecule has 4 rings (SSSR count). The van der Waals surface area contributed by atoms with E-state index in [1.165, 1.54) is 28.2 Å². The molecule has 0 aliphatic rings. The maximum atomic E-state index is 13.1. The first kappa shape index (κ1) is 18.0. The number of carbonyl (C=O) groups is 1. The minimum absolute atomic E-state index is 0.119. The van der Waals surface area contributed by atoms with Crippen LogP contribution in [0.25, 0.3) is 16.5 Å². The number of halogens is 1. The molecule has 0 aliphatic heterocycles. The minimum Gasteiger partial charge on any atom is -0.447 e. The lowest BCUT2D eigenvalue weighted by atomic mass is 10.3. The Morgan fingerprint density at radius 2 is 2.04 bits per heavy atom. The Balaban J connectivity index is 1.49. The van der Waals surface area contributed by atoms with Crippen molar-refractivity contribution in [2.75, 3.05) is 0 Å². The molecule has 3 aromatic heterocycles. The molecule has 0 fully saturated rings. The topological polar surface area (TPSA) is 95.9 Å². The molecule has 1 aromatic carbocycles. The Bertz CT molecular complexity index is 1100. The van der Waals surface area contributed by atoms with Gasteiger partial charge in [-0.3, -0.25) is 0 Å². The molecule has 8 nitrogen and oxygen atoms in total. The highest BCUT2D eigenvalue weighted by molar-refractivity contribution is 7.13. The lowest BCUT2D eigenvalue weighted by molar-refractivity contribution is 0.0265. The largest absolute Gasteiger partial charge is 0.447 e. The highest BCUT2D eigenvalue weighted by atomic mass is 32.1. The fourth-order valence-electron chi connectivity index (χ4n) is 2.47. The van der Waals surface area contributed by atoms with Crippen molar-refractivity contribution in [3.63, 3.8) is 0 Å². The zero-order chi connectivity index (χ0) is 19.7. The third kappa shape index (κ3) is 3.54. The third-order valence-corrected chi connectivity index (χ3v) is 4.68. The number of hydrogen-bond acceptors (Lipinski definition) is 8. The normalized spacial score (nSPS) is 12.1. The summed E-state index contributed by atoms with van der Waals surface area (Å²) in [7, 11) is 0. The predicted octanol–water partition coefficient (Wildman–Crippen LogP) is 3.74. The lowest BCUT2D eigenvalue weighted by Crippen LogP contribution is -2.11. The van der Waals surface area contributed by atoms with E-state index in [4.69, 9.17) is 9.15 Å². The second kappa shape index (κ2) is 7.31. The first-order valence-corrected chi connectivity index (χ1v) is 9.17. The van der Waals surface area contributed by atoms with E-state index in [0.29, 0.717) is 17.4 Å². The molecule has 142 valence electrons. The predicted molar refractivity (Wildman–Crippen MR) is 97.5 cm³/mol. The van der Waals surface area contributed by atoms with Crippen LogP contribution in [0.4, 0.5) is 4.39 Å². The summed E-state index contributed by atoms with van der Waals surface area (Å²) in [6, 6.07) is 9.42. The number of nitrogens with zero attached hydrogens (tertiary/aromatic N) is 5. The molecule has 0 unspecified atom stereocenters. The summed E-state index contributed by atoms with van der Waals surface area (Å²) < 4.78 is 25.4. The number of esters is 1. The molecule has 3 heterocycles. The summed E-state index contributed by atoms with van der Waals surface area (Å²) >= 11 is 1.46. The number of rotatable bonds is 5. The van der Waals surface area contributed by atoms with E-state index in [-0.39, 0.29) is 17.5 Å². The molecule has 0 aliphatic carbocycles. The number of benzene rings is 1. The molecule has 0 amide bonds. The summed E-state index contributed by atoms with van der Waals surface area (Å²) in [5.41, 5.74) is 0.580. The van der Waals surface area contributed by atoms with Crippen LogP contribution in [-0.4, -0.2) is 30.9 Å². The summed E-state index contributed by atoms with van der Waals surface area (Å²) in [6.45, 7) is 3.30. The van der Waals surface area contributed by atoms with E-state index in [1.54, 1.807) is 26.0 Å². The Labute approximate surface area is 162 Å². The van der Waals surface area contributed by atoms with E-state index in [0.717, 1.165) is 4.88 Å². The maximum Gasteiger partial charge on any atom is 0.379 e. The fraction of sp³-hybridized carbons (Fsp3) is 0.167. The second-order valence-corrected chi connectivity index (χ2v) is 6.79. The van der Waals surface area contributed by atoms with Crippen LogP contribution in [0.15, 0.2) is 46.2 Å². The Kier molecular flexibility index (Phi) is 4.70. The van der Waals surface area contributed by atoms with E-state index in [2.05, 4.69) is 20.3 Å². The molecule has 0 saturated carbocycles. The van der Waals surface area contributed by atoms with Gasteiger partial charge in [0.05, 0.1) is 10.6 Å². The monoisotopic (exact) mass is 399 g/mol. The van der Waals surface area contributed by atoms with Crippen LogP contribution in [0.1, 0.15) is 35.4 Å². The number of aromatic nitrogens is 5. The maximum absolute atomic E-state index is 13.1. The zero-order valence-corrected chi connectivity index (χ0v) is 15.7. The van der Waals surface area contributed by atoms with Crippen molar-refractivity contribution in [2.45, 2.75) is 20.0 Å². The smallest absolute Gasteiger partial charge is 0.379 e. The summed E-state index contributed by atoms with van der Waals surface area (Å²) in [6.07, 6.45) is -0.771. The number of thiophene rings is 1. The van der Waals surface area contributed by atoms with Gasteiger partial charge in [-0.05, 0) is 49.6 Å². The summed E-state index contributed by atoms with van der Waals surface area (Å²) in [5, 5.41) is 13.9. The molecular weight excluding hydrogens is 385 g/mol. The van der Waals surface area contributed by atoms with Crippen LogP contribution in [0.3, 0.4) is 0 Å². The van der Waals surface area contributed by atoms with Crippen LogP contribution in [0.2, 0.25) is 0 Å². The van der Waals surface area contributed by atoms with E-state index < -0.39 is 12.1 Å². The number of ether oxygens (including phenoxy) is 1. The molecule has 0 spiro atoms. The van der Waals surface area contributed by atoms with Gasteiger partial charge in [0.1, 0.15) is 11.6 Å². The molecule has 0 saturated heterocycles. The summed E-state index contributed by atoms with van der Waals surface area (Å²) in [5.74, 6) is -0.215. The number of carbonyl (C=O) groups excluding carboxylic acids is 1. The van der Waals surface area contributed by atoms with Crippen molar-refractivity contribution in [1.82, 2.24) is 25.0 Å². The van der Waals surface area contributed by atoms with E-state index in [1.807, 2.05) is 17.5 Å². The van der Waals surface area contributed by atoms with Gasteiger partial charge in [-0.1, -0.05) is 6.07 Å². The van der Waals surface area contributed by atoms with Gasteiger partial charge in [0, 0.05) is 0 Å². The highest BCUT2D eigenvalue weighted by Crippen LogP contribution is 2.26. The van der Waals surface area contributed by atoms with Crippen molar-refractivity contribution in [1.29, 1.82) is 0 Å². The fourth-order valence-corrected chi connectivity index (χ4v) is 3.11. The van der Waals surface area contributed by atoms with Crippen molar-refractivity contribution >= 4 is 17.3 Å². The van der Waals surface area contributed by atoms with Crippen LogP contribution in [0, 0.1) is 12.7 Å². The van der Waals surface area contributed by atoms with Gasteiger partial charge in [-0.15, -0.1) is 26.6 Å². The quantitative estimate of drug-likeness (QED) is 0.472. The van der Waals surface area contributed by atoms with Gasteiger partial charge in [0.25, 0.3) is 17.6 Å².